The van der Waals surface area contributed by atoms with Crippen LogP contribution in [0.3, 0.4) is 0 Å². The van der Waals surface area contributed by atoms with Gasteiger partial charge in [-0.15, -0.1) is 0 Å². The topological polar surface area (TPSA) is 43.6 Å². The van der Waals surface area contributed by atoms with Gasteiger partial charge in [0, 0.05) is 33.0 Å². The Bertz CT molecular complexity index is 2900. The van der Waals surface area contributed by atoms with Crippen molar-refractivity contribution in [2.45, 2.75) is 0 Å². The summed E-state index contributed by atoms with van der Waals surface area (Å²) >= 11 is 0. The summed E-state index contributed by atoms with van der Waals surface area (Å²) in [5.41, 5.74) is 13.1. The van der Waals surface area contributed by atoms with Crippen LogP contribution in [0.1, 0.15) is 0 Å². The van der Waals surface area contributed by atoms with Gasteiger partial charge in [0.25, 0.3) is 0 Å². The number of hydrogen-bond acceptors (Lipinski definition) is 3. The van der Waals surface area contributed by atoms with Crippen molar-refractivity contribution in [1.82, 2.24) is 19.5 Å². The molecule has 0 amide bonds. The zero-order valence-electron chi connectivity index (χ0n) is 29.9. The molecule has 0 saturated carbocycles. The molecule has 0 saturated heterocycles. The molecule has 8 aromatic carbocycles. The van der Waals surface area contributed by atoms with Gasteiger partial charge >= 0.3 is 0 Å². The van der Waals surface area contributed by atoms with Crippen LogP contribution in [0.15, 0.2) is 206 Å². The fourth-order valence-corrected chi connectivity index (χ4v) is 7.58. The summed E-state index contributed by atoms with van der Waals surface area (Å²) in [6, 6.07) is 72.4. The predicted octanol–water partition coefficient (Wildman–Crippen LogP) is 13.0. The molecule has 2 aromatic heterocycles. The van der Waals surface area contributed by atoms with Gasteiger partial charge in [0.05, 0.1) is 16.7 Å². The summed E-state index contributed by atoms with van der Waals surface area (Å²) in [6.07, 6.45) is 0. The van der Waals surface area contributed by atoms with Gasteiger partial charge in [-0.05, 0) is 64.2 Å². The third kappa shape index (κ3) is 6.06. The van der Waals surface area contributed by atoms with Crippen molar-refractivity contribution in [3.63, 3.8) is 0 Å². The lowest BCUT2D eigenvalue weighted by Gasteiger charge is -2.16. The van der Waals surface area contributed by atoms with E-state index in [9.17, 15) is 0 Å². The average Bonchev–Trinajstić information content (AvgIpc) is 3.61. The first kappa shape index (κ1) is 32.2. The van der Waals surface area contributed by atoms with Crippen LogP contribution in [0.25, 0.3) is 95.0 Å². The van der Waals surface area contributed by atoms with Crippen LogP contribution >= 0.6 is 0 Å². The Kier molecular flexibility index (Phi) is 8.12. The van der Waals surface area contributed by atoms with E-state index in [0.717, 1.165) is 44.5 Å². The zero-order chi connectivity index (χ0) is 36.6. The van der Waals surface area contributed by atoms with E-state index in [1.165, 1.54) is 33.0 Å². The van der Waals surface area contributed by atoms with Crippen molar-refractivity contribution in [3.05, 3.63) is 206 Å². The molecule has 0 unspecified atom stereocenters. The Morgan fingerprint density at radius 2 is 0.727 bits per heavy atom. The summed E-state index contributed by atoms with van der Waals surface area (Å²) in [5.74, 6) is 1.90. The second-order valence-corrected chi connectivity index (χ2v) is 13.7. The largest absolute Gasteiger partial charge is 0.309 e. The van der Waals surface area contributed by atoms with Gasteiger partial charge in [0.15, 0.2) is 17.5 Å². The minimum atomic E-state index is 0.624. The molecule has 0 bridgehead atoms. The van der Waals surface area contributed by atoms with E-state index in [2.05, 4.69) is 150 Å². The van der Waals surface area contributed by atoms with Gasteiger partial charge in [-0.25, -0.2) is 15.0 Å². The molecule has 258 valence electrons. The summed E-state index contributed by atoms with van der Waals surface area (Å²) in [4.78, 5) is 15.1. The van der Waals surface area contributed by atoms with Crippen LogP contribution in [-0.4, -0.2) is 19.5 Å². The van der Waals surface area contributed by atoms with E-state index < -0.39 is 0 Å². The molecular weight excluding hydrogens is 669 g/mol. The van der Waals surface area contributed by atoms with E-state index in [1.54, 1.807) is 0 Å². The Morgan fingerprint density at radius 1 is 0.273 bits per heavy atom. The Hall–Kier alpha value is -7.43. The third-order valence-electron chi connectivity index (χ3n) is 10.3. The highest BCUT2D eigenvalue weighted by atomic mass is 15.0. The molecule has 0 N–H and O–H groups in total. The molecule has 0 aliphatic carbocycles. The monoisotopic (exact) mass is 702 g/mol. The van der Waals surface area contributed by atoms with Crippen molar-refractivity contribution < 1.29 is 0 Å². The van der Waals surface area contributed by atoms with Gasteiger partial charge in [0.2, 0.25) is 0 Å². The number of aromatic nitrogens is 4. The maximum Gasteiger partial charge on any atom is 0.164 e. The smallest absolute Gasteiger partial charge is 0.164 e. The highest BCUT2D eigenvalue weighted by Crippen LogP contribution is 2.40. The fraction of sp³-hybridized carbons (Fsp3) is 0. The summed E-state index contributed by atoms with van der Waals surface area (Å²) in [7, 11) is 0. The molecule has 0 aliphatic rings. The molecule has 10 aromatic rings. The van der Waals surface area contributed by atoms with Gasteiger partial charge in [-0.1, -0.05) is 170 Å². The number of benzene rings is 8. The lowest BCUT2D eigenvalue weighted by atomic mass is 9.98. The van der Waals surface area contributed by atoms with Gasteiger partial charge in [-0.3, -0.25) is 0 Å². The first-order valence-electron chi connectivity index (χ1n) is 18.5. The molecule has 0 aliphatic heterocycles. The van der Waals surface area contributed by atoms with Crippen LogP contribution < -0.4 is 0 Å². The van der Waals surface area contributed by atoms with Crippen molar-refractivity contribution in [2.24, 2.45) is 0 Å². The summed E-state index contributed by atoms with van der Waals surface area (Å²) in [5, 5.41) is 2.42. The second-order valence-electron chi connectivity index (χ2n) is 13.7. The average molecular weight is 703 g/mol. The standard InChI is InChI=1S/C51H34N4/c1-5-16-35(17-6-1)39-24-15-25-40(32-39)41-28-30-44-43-26-13-14-27-46(43)55(48(44)34-41)47-31-29-42(33-45(47)36-18-7-2-8-19-36)51-53-49(37-20-9-3-10-21-37)52-50(54-51)38-22-11-4-12-23-38/h1-34H. The molecule has 0 spiro atoms. The number of hydrogen-bond donors (Lipinski definition) is 0. The van der Waals surface area contributed by atoms with E-state index in [0.29, 0.717) is 17.5 Å². The normalized spacial score (nSPS) is 11.3. The lowest BCUT2D eigenvalue weighted by molar-refractivity contribution is 1.07. The van der Waals surface area contributed by atoms with Gasteiger partial charge < -0.3 is 4.57 Å². The van der Waals surface area contributed by atoms with Crippen LogP contribution in [0.2, 0.25) is 0 Å². The molecule has 0 radical (unpaired) electrons. The molecule has 0 fully saturated rings. The Morgan fingerprint density at radius 3 is 1.36 bits per heavy atom. The van der Waals surface area contributed by atoms with Crippen LogP contribution in [-0.2, 0) is 0 Å². The van der Waals surface area contributed by atoms with Crippen molar-refractivity contribution >= 4 is 21.8 Å². The first-order chi connectivity index (χ1) is 27.3. The number of fused-ring (bicyclic) bond motifs is 3. The van der Waals surface area contributed by atoms with E-state index in [4.69, 9.17) is 15.0 Å². The number of nitrogens with zero attached hydrogens (tertiary/aromatic N) is 4. The third-order valence-corrected chi connectivity index (χ3v) is 10.3. The number of rotatable bonds is 7. The molecular formula is C51H34N4. The Labute approximate surface area is 319 Å². The fourth-order valence-electron chi connectivity index (χ4n) is 7.58. The molecule has 2 heterocycles. The maximum atomic E-state index is 5.07. The molecule has 4 heteroatoms. The lowest BCUT2D eigenvalue weighted by Crippen LogP contribution is -2.02. The summed E-state index contributed by atoms with van der Waals surface area (Å²) < 4.78 is 2.42. The second kappa shape index (κ2) is 13.8. The predicted molar refractivity (Wildman–Crippen MR) is 227 cm³/mol. The van der Waals surface area contributed by atoms with Gasteiger partial charge in [0.1, 0.15) is 0 Å². The molecule has 0 atom stereocenters. The molecule has 10 rings (SSSR count). The van der Waals surface area contributed by atoms with Gasteiger partial charge in [-0.2, -0.15) is 0 Å². The van der Waals surface area contributed by atoms with Crippen LogP contribution in [0.5, 0.6) is 0 Å². The molecule has 55 heavy (non-hydrogen) atoms. The quantitative estimate of drug-likeness (QED) is 0.166. The van der Waals surface area contributed by atoms with Crippen LogP contribution in [0.4, 0.5) is 0 Å². The van der Waals surface area contributed by atoms with E-state index in [-0.39, 0.29) is 0 Å². The number of para-hydroxylation sites is 1. The highest BCUT2D eigenvalue weighted by Gasteiger charge is 2.19. The SMILES string of the molecule is c1ccc(-c2cccc(-c3ccc4c5ccccc5n(-c5ccc(-c6nc(-c7ccccc7)nc(-c7ccccc7)n6)cc5-c5ccccc5)c4c3)c2)cc1. The van der Waals surface area contributed by atoms with Crippen LogP contribution in [0, 0.1) is 0 Å². The van der Waals surface area contributed by atoms with Crippen molar-refractivity contribution in [2.75, 3.05) is 0 Å². The Balaban J connectivity index is 1.18. The van der Waals surface area contributed by atoms with E-state index in [1.807, 2.05) is 60.7 Å². The van der Waals surface area contributed by atoms with Crippen molar-refractivity contribution in [3.8, 4) is 73.2 Å². The van der Waals surface area contributed by atoms with E-state index >= 15 is 0 Å². The zero-order valence-corrected chi connectivity index (χ0v) is 29.9. The minimum Gasteiger partial charge on any atom is -0.309 e. The maximum absolute atomic E-state index is 5.07. The minimum absolute atomic E-state index is 0.624. The molecule has 4 nitrogen and oxygen atoms in total. The highest BCUT2D eigenvalue weighted by molar-refractivity contribution is 6.11. The first-order valence-corrected chi connectivity index (χ1v) is 18.5. The summed E-state index contributed by atoms with van der Waals surface area (Å²) in [6.45, 7) is 0. The van der Waals surface area contributed by atoms with Crippen molar-refractivity contribution in [1.29, 1.82) is 0 Å².